The van der Waals surface area contributed by atoms with Crippen molar-refractivity contribution in [2.24, 2.45) is 0 Å². The quantitative estimate of drug-likeness (QED) is 0.649. The van der Waals surface area contributed by atoms with Gasteiger partial charge in [0.2, 0.25) is 11.8 Å². The lowest BCUT2D eigenvalue weighted by Crippen LogP contribution is -2.27. The first-order valence-corrected chi connectivity index (χ1v) is 9.14. The Morgan fingerprint density at radius 1 is 0.871 bits per heavy atom. The van der Waals surface area contributed by atoms with Crippen molar-refractivity contribution >= 4 is 17.6 Å². The van der Waals surface area contributed by atoms with Gasteiger partial charge in [-0.3, -0.25) is 0 Å². The number of aromatic nitrogens is 2. The van der Waals surface area contributed by atoms with Crippen molar-refractivity contribution in [2.75, 3.05) is 33.3 Å². The summed E-state index contributed by atoms with van der Waals surface area (Å²) in [4.78, 5) is 35.2. The van der Waals surface area contributed by atoms with Crippen LogP contribution in [0.1, 0.15) is 0 Å². The van der Waals surface area contributed by atoms with E-state index in [0.29, 0.717) is 28.8 Å². The van der Waals surface area contributed by atoms with Gasteiger partial charge in [0.15, 0.2) is 5.82 Å². The monoisotopic (exact) mass is 423 g/mol. The molecular weight excluding hydrogens is 402 g/mol. The molecule has 0 N–H and O–H groups in total. The summed E-state index contributed by atoms with van der Waals surface area (Å²) in [6, 6.07) is 8.69. The maximum absolute atomic E-state index is 12.6. The van der Waals surface area contributed by atoms with Crippen LogP contribution in [-0.2, 0) is 19.1 Å². The number of benzene rings is 1. The summed E-state index contributed by atoms with van der Waals surface area (Å²) < 4.78 is 20.2. The number of esters is 2. The van der Waals surface area contributed by atoms with E-state index in [9.17, 15) is 9.59 Å². The molecular formula is C22H21N3O6. The first-order valence-electron chi connectivity index (χ1n) is 9.14. The lowest BCUT2D eigenvalue weighted by Gasteiger charge is -2.23. The zero-order valence-corrected chi connectivity index (χ0v) is 17.5. The minimum absolute atomic E-state index is 0.0145. The second-order valence-corrected chi connectivity index (χ2v) is 6.14. The van der Waals surface area contributed by atoms with E-state index >= 15 is 0 Å². The summed E-state index contributed by atoms with van der Waals surface area (Å²) >= 11 is 0. The molecule has 2 heterocycles. The Kier molecular flexibility index (Phi) is 6.66. The average Bonchev–Trinajstić information content (AvgIpc) is 3.05. The Morgan fingerprint density at radius 2 is 1.55 bits per heavy atom. The third kappa shape index (κ3) is 4.55. The fourth-order valence-corrected chi connectivity index (χ4v) is 2.90. The van der Waals surface area contributed by atoms with Gasteiger partial charge in [-0.15, -0.1) is 0 Å². The Balaban J connectivity index is 2.14. The first kappa shape index (κ1) is 21.6. The van der Waals surface area contributed by atoms with Crippen molar-refractivity contribution in [1.29, 1.82) is 0 Å². The predicted molar refractivity (Wildman–Crippen MR) is 112 cm³/mol. The van der Waals surface area contributed by atoms with Crippen molar-refractivity contribution < 1.29 is 28.5 Å². The van der Waals surface area contributed by atoms with Crippen LogP contribution in [0.3, 0.4) is 0 Å². The van der Waals surface area contributed by atoms with E-state index in [1.807, 2.05) is 0 Å². The lowest BCUT2D eigenvalue weighted by atomic mass is 10.1. The molecule has 0 saturated carbocycles. The third-order valence-electron chi connectivity index (χ3n) is 4.37. The lowest BCUT2D eigenvalue weighted by molar-refractivity contribution is -0.139. The summed E-state index contributed by atoms with van der Waals surface area (Å²) in [6.45, 7) is 0. The molecule has 1 aliphatic heterocycles. The molecule has 0 radical (unpaired) electrons. The van der Waals surface area contributed by atoms with Crippen LogP contribution in [0.15, 0.2) is 66.0 Å². The number of carbonyl (C=O) groups is 2. The number of anilines is 1. The molecule has 3 rings (SSSR count). The van der Waals surface area contributed by atoms with Gasteiger partial charge in [0.05, 0.1) is 40.1 Å². The van der Waals surface area contributed by atoms with Crippen molar-refractivity contribution in [3.8, 4) is 23.1 Å². The second kappa shape index (κ2) is 9.57. The zero-order chi connectivity index (χ0) is 22.4. The minimum atomic E-state index is -0.693. The number of rotatable bonds is 6. The normalized spacial score (nSPS) is 13.0. The number of ether oxygens (including phenoxy) is 4. The van der Waals surface area contributed by atoms with E-state index in [1.165, 1.54) is 34.5 Å². The van der Waals surface area contributed by atoms with Crippen molar-refractivity contribution in [2.45, 2.75) is 0 Å². The topological polar surface area (TPSA) is 100 Å². The van der Waals surface area contributed by atoms with Crippen LogP contribution in [0.5, 0.6) is 11.8 Å². The Morgan fingerprint density at radius 3 is 2.16 bits per heavy atom. The number of hydrogen-bond donors (Lipinski definition) is 0. The molecule has 0 spiro atoms. The molecule has 0 fully saturated rings. The summed E-state index contributed by atoms with van der Waals surface area (Å²) in [5, 5.41) is 0. The molecule has 1 aromatic carbocycles. The molecule has 0 aliphatic carbocycles. The SMILES string of the molecule is COC(=O)C1=C(C(=O)OC)N(c2cccc(-c3nc(OC)cc(OC)n3)c2)C=CC=C1. The maximum Gasteiger partial charge on any atom is 0.355 e. The van der Waals surface area contributed by atoms with E-state index < -0.39 is 11.9 Å². The Bertz CT molecular complexity index is 1070. The van der Waals surface area contributed by atoms with Crippen LogP contribution in [0, 0.1) is 0 Å². The van der Waals surface area contributed by atoms with Crippen molar-refractivity contribution in [3.05, 3.63) is 66.0 Å². The molecule has 2 aromatic rings. The smallest absolute Gasteiger partial charge is 0.355 e. The highest BCUT2D eigenvalue weighted by atomic mass is 16.5. The molecule has 0 saturated heterocycles. The summed E-state index contributed by atoms with van der Waals surface area (Å²) in [5.41, 5.74) is 1.29. The van der Waals surface area contributed by atoms with Gasteiger partial charge in [0, 0.05) is 17.5 Å². The maximum atomic E-state index is 12.6. The third-order valence-corrected chi connectivity index (χ3v) is 4.37. The van der Waals surface area contributed by atoms with E-state index in [1.54, 1.807) is 53.6 Å². The molecule has 0 atom stereocenters. The van der Waals surface area contributed by atoms with Gasteiger partial charge < -0.3 is 23.8 Å². The average molecular weight is 423 g/mol. The molecule has 1 aromatic heterocycles. The van der Waals surface area contributed by atoms with Gasteiger partial charge in [-0.1, -0.05) is 18.2 Å². The largest absolute Gasteiger partial charge is 0.481 e. The van der Waals surface area contributed by atoms with Gasteiger partial charge in [-0.05, 0) is 24.3 Å². The van der Waals surface area contributed by atoms with E-state index in [0.717, 1.165) is 0 Å². The predicted octanol–water partition coefficient (Wildman–Crippen LogP) is 2.65. The number of methoxy groups -OCH3 is 4. The van der Waals surface area contributed by atoms with Gasteiger partial charge in [0.1, 0.15) is 5.70 Å². The standard InChI is InChI=1S/C22H21N3O6/c1-28-17-13-18(29-2)24-20(23-17)14-8-7-9-15(12-14)25-11-6-5-10-16(21(26)30-3)19(25)22(27)31-4/h5-13H,1-4H3. The molecule has 160 valence electrons. The Labute approximate surface area is 179 Å². The summed E-state index contributed by atoms with van der Waals surface area (Å²) in [6.07, 6.45) is 6.46. The van der Waals surface area contributed by atoms with Crippen LogP contribution < -0.4 is 14.4 Å². The van der Waals surface area contributed by atoms with Crippen LogP contribution in [0.2, 0.25) is 0 Å². The number of carbonyl (C=O) groups excluding carboxylic acids is 2. The van der Waals surface area contributed by atoms with Gasteiger partial charge in [-0.25, -0.2) is 9.59 Å². The molecule has 0 bridgehead atoms. The van der Waals surface area contributed by atoms with Crippen molar-refractivity contribution in [3.63, 3.8) is 0 Å². The van der Waals surface area contributed by atoms with E-state index in [4.69, 9.17) is 18.9 Å². The molecule has 9 heteroatoms. The summed E-state index contributed by atoms with van der Waals surface area (Å²) in [7, 11) is 5.49. The highest BCUT2D eigenvalue weighted by Gasteiger charge is 2.27. The van der Waals surface area contributed by atoms with Gasteiger partial charge >= 0.3 is 11.9 Å². The zero-order valence-electron chi connectivity index (χ0n) is 17.5. The van der Waals surface area contributed by atoms with Crippen LogP contribution in [0.4, 0.5) is 5.69 Å². The van der Waals surface area contributed by atoms with E-state index in [-0.39, 0.29) is 11.3 Å². The molecule has 0 amide bonds. The number of nitrogens with zero attached hydrogens (tertiary/aromatic N) is 3. The van der Waals surface area contributed by atoms with Crippen LogP contribution >= 0.6 is 0 Å². The van der Waals surface area contributed by atoms with Gasteiger partial charge in [0.25, 0.3) is 0 Å². The number of allylic oxidation sites excluding steroid dienone is 2. The molecule has 1 aliphatic rings. The van der Waals surface area contributed by atoms with Gasteiger partial charge in [-0.2, -0.15) is 9.97 Å². The highest BCUT2D eigenvalue weighted by Crippen LogP contribution is 2.30. The minimum Gasteiger partial charge on any atom is -0.481 e. The molecule has 31 heavy (non-hydrogen) atoms. The highest BCUT2D eigenvalue weighted by molar-refractivity contribution is 6.05. The summed E-state index contributed by atoms with van der Waals surface area (Å²) in [5.74, 6) is -0.307. The van der Waals surface area contributed by atoms with E-state index in [2.05, 4.69) is 9.97 Å². The molecule has 9 nitrogen and oxygen atoms in total. The first-order chi connectivity index (χ1) is 15.0. The fourth-order valence-electron chi connectivity index (χ4n) is 2.90. The van der Waals surface area contributed by atoms with Crippen LogP contribution in [-0.4, -0.2) is 50.3 Å². The van der Waals surface area contributed by atoms with Crippen LogP contribution in [0.25, 0.3) is 11.4 Å². The fraction of sp³-hybridized carbons (Fsp3) is 0.182. The Hall–Kier alpha value is -4.14. The number of hydrogen-bond acceptors (Lipinski definition) is 9. The molecule has 0 unspecified atom stereocenters. The van der Waals surface area contributed by atoms with Crippen molar-refractivity contribution in [1.82, 2.24) is 9.97 Å². The second-order valence-electron chi connectivity index (χ2n) is 6.14.